The summed E-state index contributed by atoms with van der Waals surface area (Å²) in [5, 5.41) is 15.4. The zero-order valence-corrected chi connectivity index (χ0v) is 4.21. The van der Waals surface area contributed by atoms with E-state index < -0.39 is 5.03 Å². The molecule has 9 heavy (non-hydrogen) atoms. The predicted octanol–water partition coefficient (Wildman–Crippen LogP) is -0.393. The van der Waals surface area contributed by atoms with Gasteiger partial charge in [0.1, 0.15) is 0 Å². The molecule has 0 unspecified atom stereocenters. The van der Waals surface area contributed by atoms with Gasteiger partial charge in [0.25, 0.3) is 0 Å². The summed E-state index contributed by atoms with van der Waals surface area (Å²) in [4.78, 5) is 9.63. The number of aromatic nitrogens is 3. The summed E-state index contributed by atoms with van der Waals surface area (Å²) < 4.78 is 0.903. The molecule has 1 aromatic rings. The molecule has 0 fully saturated rings. The highest BCUT2D eigenvalue weighted by Crippen LogP contribution is 1.89. The number of nitrogens with zero attached hydrogens (tertiary/aromatic N) is 5. The highest BCUT2D eigenvalue weighted by Gasteiger charge is 1.82. The molecule has 0 aliphatic rings. The molecule has 0 N–H and O–H groups in total. The lowest BCUT2D eigenvalue weighted by Crippen LogP contribution is -1.96. The zero-order valence-electron chi connectivity index (χ0n) is 4.21. The molecule has 0 saturated heterocycles. The third kappa shape index (κ3) is 1.37. The lowest BCUT2D eigenvalue weighted by molar-refractivity contribution is -0.432. The first-order valence-corrected chi connectivity index (χ1v) is 2.00. The third-order valence-corrected chi connectivity index (χ3v) is 0.583. The summed E-state index contributed by atoms with van der Waals surface area (Å²) in [5.74, 6) is 0. The molecule has 1 aromatic heterocycles. The first-order chi connectivity index (χ1) is 4.29. The van der Waals surface area contributed by atoms with E-state index in [9.17, 15) is 10.1 Å². The van der Waals surface area contributed by atoms with Crippen LogP contribution in [-0.2, 0) is 0 Å². The summed E-state index contributed by atoms with van der Waals surface area (Å²) >= 11 is 0. The van der Waals surface area contributed by atoms with E-state index in [0.717, 1.165) is 17.3 Å². The molecule has 7 nitrogen and oxygen atoms in total. The fourth-order valence-corrected chi connectivity index (χ4v) is 0.326. The van der Waals surface area contributed by atoms with Gasteiger partial charge in [0.15, 0.2) is 12.7 Å². The number of hydrogen-bond donors (Lipinski definition) is 0. The Morgan fingerprint density at radius 1 is 1.56 bits per heavy atom. The summed E-state index contributed by atoms with van der Waals surface area (Å²) in [6, 6.07) is 0. The minimum absolute atomic E-state index is 0.830. The van der Waals surface area contributed by atoms with Gasteiger partial charge < -0.3 is 10.1 Å². The van der Waals surface area contributed by atoms with Crippen molar-refractivity contribution in [2.45, 2.75) is 0 Å². The van der Waals surface area contributed by atoms with Crippen LogP contribution < -0.4 is 0 Å². The summed E-state index contributed by atoms with van der Waals surface area (Å²) in [6.45, 7) is 0. The monoisotopic (exact) mass is 128 g/mol. The SMILES string of the molecule is O=[N+]([O-])[N-]n1cnnc1. The van der Waals surface area contributed by atoms with Gasteiger partial charge in [-0.25, -0.2) is 0 Å². The lowest BCUT2D eigenvalue weighted by atomic mass is 11.3. The van der Waals surface area contributed by atoms with Crippen molar-refractivity contribution in [1.82, 2.24) is 14.9 Å². The van der Waals surface area contributed by atoms with Crippen molar-refractivity contribution in [2.24, 2.45) is 0 Å². The Morgan fingerprint density at radius 2 is 2.11 bits per heavy atom. The van der Waals surface area contributed by atoms with E-state index in [1.54, 1.807) is 0 Å². The molecule has 7 heteroatoms. The molecule has 0 aliphatic heterocycles. The van der Waals surface area contributed by atoms with Crippen LogP contribution in [0.15, 0.2) is 12.7 Å². The zero-order chi connectivity index (χ0) is 6.69. The largest absolute Gasteiger partial charge is 0.373 e. The van der Waals surface area contributed by atoms with Crippen molar-refractivity contribution in [3.63, 3.8) is 0 Å². The van der Waals surface area contributed by atoms with Gasteiger partial charge in [0.2, 0.25) is 0 Å². The van der Waals surface area contributed by atoms with Crippen LogP contribution in [0.2, 0.25) is 0 Å². The van der Waals surface area contributed by atoms with Gasteiger partial charge in [-0.3, -0.25) is 10.2 Å². The van der Waals surface area contributed by atoms with Crippen LogP contribution in [0.3, 0.4) is 0 Å². The summed E-state index contributed by atoms with van der Waals surface area (Å²) in [6.07, 6.45) is 2.26. The van der Waals surface area contributed by atoms with Crippen LogP contribution in [0.5, 0.6) is 0 Å². The quantitative estimate of drug-likeness (QED) is 0.400. The molecular formula is C2H2N5O2-. The van der Waals surface area contributed by atoms with Crippen molar-refractivity contribution in [3.05, 3.63) is 28.3 Å². The van der Waals surface area contributed by atoms with Gasteiger partial charge in [-0.2, -0.15) is 0 Å². The van der Waals surface area contributed by atoms with Crippen molar-refractivity contribution in [1.29, 1.82) is 0 Å². The molecule has 0 aliphatic carbocycles. The van der Waals surface area contributed by atoms with E-state index >= 15 is 0 Å². The Balaban J connectivity index is 2.58. The Hall–Kier alpha value is -1.66. The maximum Gasteiger partial charge on any atom is 0.194 e. The van der Waals surface area contributed by atoms with Crippen LogP contribution in [-0.4, -0.2) is 19.9 Å². The van der Waals surface area contributed by atoms with Crippen LogP contribution in [0.4, 0.5) is 0 Å². The summed E-state index contributed by atoms with van der Waals surface area (Å²) in [7, 11) is 0. The molecule has 0 saturated carbocycles. The lowest BCUT2D eigenvalue weighted by Gasteiger charge is -2.08. The number of nitro groups is 1. The topological polar surface area (TPSA) is 88.0 Å². The molecule has 0 bridgehead atoms. The highest BCUT2D eigenvalue weighted by atomic mass is 16.7. The maximum absolute atomic E-state index is 9.63. The minimum atomic E-state index is -0.830. The van der Waals surface area contributed by atoms with E-state index in [0.29, 0.717) is 0 Å². The Bertz CT molecular complexity index is 193. The normalized spacial score (nSPS) is 8.89. The van der Waals surface area contributed by atoms with E-state index in [4.69, 9.17) is 0 Å². The van der Waals surface area contributed by atoms with E-state index in [1.807, 2.05) is 0 Å². The van der Waals surface area contributed by atoms with Gasteiger partial charge in [0, 0.05) is 0 Å². The van der Waals surface area contributed by atoms with Gasteiger partial charge in [-0.1, -0.05) is 0 Å². The van der Waals surface area contributed by atoms with Gasteiger partial charge >= 0.3 is 0 Å². The van der Waals surface area contributed by atoms with Crippen molar-refractivity contribution < 1.29 is 5.03 Å². The van der Waals surface area contributed by atoms with E-state index in [1.165, 1.54) is 0 Å². The Kier molecular flexibility index (Phi) is 1.26. The minimum Gasteiger partial charge on any atom is -0.373 e. The van der Waals surface area contributed by atoms with Crippen molar-refractivity contribution in [2.75, 3.05) is 0 Å². The first kappa shape index (κ1) is 5.48. The average Bonchev–Trinajstić information content (AvgIpc) is 2.15. The summed E-state index contributed by atoms with van der Waals surface area (Å²) in [5.41, 5.74) is 2.83. The molecule has 0 amide bonds. The number of rotatable bonds is 2. The van der Waals surface area contributed by atoms with Crippen molar-refractivity contribution in [3.8, 4) is 0 Å². The van der Waals surface area contributed by atoms with Gasteiger partial charge in [-0.05, 0) is 0 Å². The second-order valence-corrected chi connectivity index (χ2v) is 1.17. The van der Waals surface area contributed by atoms with Crippen LogP contribution in [0.25, 0.3) is 5.53 Å². The molecule has 0 atom stereocenters. The van der Waals surface area contributed by atoms with Crippen LogP contribution in [0.1, 0.15) is 0 Å². The third-order valence-electron chi connectivity index (χ3n) is 0.583. The molecule has 0 radical (unpaired) electrons. The maximum atomic E-state index is 9.63. The molecular weight excluding hydrogens is 126 g/mol. The van der Waals surface area contributed by atoms with Gasteiger partial charge in [-0.15, -0.1) is 15.2 Å². The van der Waals surface area contributed by atoms with Crippen LogP contribution >= 0.6 is 0 Å². The molecule has 0 aromatic carbocycles. The van der Waals surface area contributed by atoms with E-state index in [-0.39, 0.29) is 0 Å². The first-order valence-electron chi connectivity index (χ1n) is 2.00. The number of hydrogen-bond acceptors (Lipinski definition) is 4. The van der Waals surface area contributed by atoms with Crippen molar-refractivity contribution >= 4 is 0 Å². The second-order valence-electron chi connectivity index (χ2n) is 1.17. The average molecular weight is 128 g/mol. The molecule has 1 heterocycles. The highest BCUT2D eigenvalue weighted by molar-refractivity contribution is 4.67. The fraction of sp³-hybridized carbons (Fsp3) is 0. The van der Waals surface area contributed by atoms with Gasteiger partial charge in [0.05, 0.1) is 0 Å². The Labute approximate surface area is 49.4 Å². The molecule has 48 valence electrons. The molecule has 0 spiro atoms. The predicted molar refractivity (Wildman–Crippen MR) is 25.8 cm³/mol. The standard InChI is InChI=1S/C2H2N5O2/c8-7(9)5-6-1-3-4-2-6/h1-2H/q-1. The van der Waals surface area contributed by atoms with Crippen LogP contribution in [0, 0.1) is 10.1 Å². The smallest absolute Gasteiger partial charge is 0.194 e. The second kappa shape index (κ2) is 2.07. The Morgan fingerprint density at radius 3 is 2.56 bits per heavy atom. The fourth-order valence-electron chi connectivity index (χ4n) is 0.326. The van der Waals surface area contributed by atoms with E-state index in [2.05, 4.69) is 15.7 Å². The molecule has 1 rings (SSSR count).